The van der Waals surface area contributed by atoms with E-state index in [0.717, 1.165) is 17.3 Å². The zero-order valence-electron chi connectivity index (χ0n) is 15.8. The predicted molar refractivity (Wildman–Crippen MR) is 100 cm³/mol. The van der Waals surface area contributed by atoms with Crippen molar-refractivity contribution in [2.75, 3.05) is 27.1 Å². The Hall–Kier alpha value is -2.75. The van der Waals surface area contributed by atoms with Crippen LogP contribution in [-0.4, -0.2) is 62.4 Å². The van der Waals surface area contributed by atoms with Crippen molar-refractivity contribution in [2.45, 2.75) is 24.3 Å². The van der Waals surface area contributed by atoms with Crippen molar-refractivity contribution < 1.29 is 38.1 Å². The molecule has 0 saturated heterocycles. The molecule has 0 bridgehead atoms. The van der Waals surface area contributed by atoms with Crippen LogP contribution in [-0.2, 0) is 39.9 Å². The van der Waals surface area contributed by atoms with Crippen molar-refractivity contribution in [1.29, 1.82) is 0 Å². The van der Waals surface area contributed by atoms with Crippen molar-refractivity contribution in [3.8, 4) is 0 Å². The molecule has 2 atom stereocenters. The van der Waals surface area contributed by atoms with Gasteiger partial charge in [-0.3, -0.25) is 9.59 Å². The first kappa shape index (κ1) is 23.3. The normalized spacial score (nSPS) is 12.2. The molecule has 0 aliphatic heterocycles. The van der Waals surface area contributed by atoms with Gasteiger partial charge >= 0.3 is 24.0 Å². The molecule has 1 N–H and O–H groups in total. The Morgan fingerprint density at radius 3 is 2.18 bits per heavy atom. The van der Waals surface area contributed by atoms with Crippen LogP contribution in [0, 0.1) is 0 Å². The van der Waals surface area contributed by atoms with Gasteiger partial charge in [-0.25, -0.2) is 9.59 Å². The molecule has 1 unspecified atom stereocenters. The second-order valence-electron chi connectivity index (χ2n) is 5.41. The van der Waals surface area contributed by atoms with E-state index < -0.39 is 35.3 Å². The van der Waals surface area contributed by atoms with E-state index in [4.69, 9.17) is 4.74 Å². The zero-order chi connectivity index (χ0) is 20.9. The zero-order valence-corrected chi connectivity index (χ0v) is 16.7. The molecule has 0 heterocycles. The van der Waals surface area contributed by atoms with Crippen LogP contribution in [0.4, 0.5) is 4.79 Å². The Bertz CT molecular complexity index is 667. The van der Waals surface area contributed by atoms with Crippen molar-refractivity contribution >= 4 is 35.8 Å². The highest BCUT2D eigenvalue weighted by Gasteiger charge is 2.29. The number of carbonyl (C=O) groups excluding carboxylic acids is 4. The van der Waals surface area contributed by atoms with E-state index >= 15 is 0 Å². The van der Waals surface area contributed by atoms with E-state index in [9.17, 15) is 19.2 Å². The second-order valence-corrected chi connectivity index (χ2v) is 6.64. The molecule has 10 heteroatoms. The molecule has 28 heavy (non-hydrogen) atoms. The maximum absolute atomic E-state index is 12.0. The van der Waals surface area contributed by atoms with Crippen molar-refractivity contribution in [1.82, 2.24) is 5.32 Å². The molecule has 0 radical (unpaired) electrons. The van der Waals surface area contributed by atoms with Gasteiger partial charge in [-0.05, 0) is 5.56 Å². The molecule has 0 aromatic heterocycles. The van der Waals surface area contributed by atoms with Crippen LogP contribution in [0.25, 0.3) is 0 Å². The molecule has 0 fully saturated rings. The first-order chi connectivity index (χ1) is 13.4. The molecule has 0 saturated carbocycles. The van der Waals surface area contributed by atoms with Crippen molar-refractivity contribution in [3.05, 3.63) is 35.9 Å². The number of methoxy groups -OCH3 is 3. The molecule has 0 aliphatic carbocycles. The molecule has 154 valence electrons. The standard InChI is InChI=1S/C18H23NO8S/c1-24-15(20)9-14(17(22)26-3)28-11-13(16(21)25-2)19-18(23)27-10-12-7-5-4-6-8-12/h4-8,13-14H,9-11H2,1-3H3,(H,19,23)/t13-,14?/m0/s1. The number of benzene rings is 1. The number of hydrogen-bond acceptors (Lipinski definition) is 9. The van der Waals surface area contributed by atoms with E-state index in [1.54, 1.807) is 24.3 Å². The summed E-state index contributed by atoms with van der Waals surface area (Å²) in [6.45, 7) is 0.0286. The van der Waals surface area contributed by atoms with Crippen LogP contribution < -0.4 is 5.32 Å². The number of thioether (sulfide) groups is 1. The molecule has 1 rings (SSSR count). The summed E-state index contributed by atoms with van der Waals surface area (Å²) in [5, 5.41) is 1.50. The molecule has 1 aromatic carbocycles. The predicted octanol–water partition coefficient (Wildman–Crippen LogP) is 1.29. The van der Waals surface area contributed by atoms with Gasteiger partial charge in [0.1, 0.15) is 17.9 Å². The minimum absolute atomic E-state index is 0.0286. The topological polar surface area (TPSA) is 117 Å². The van der Waals surface area contributed by atoms with E-state index in [1.807, 2.05) is 6.07 Å². The Kier molecular flexibility index (Phi) is 10.5. The van der Waals surface area contributed by atoms with E-state index in [2.05, 4.69) is 19.5 Å². The Morgan fingerprint density at radius 1 is 0.964 bits per heavy atom. The fourth-order valence-corrected chi connectivity index (χ4v) is 3.14. The Labute approximate surface area is 167 Å². The minimum atomic E-state index is -1.08. The van der Waals surface area contributed by atoms with E-state index in [0.29, 0.717) is 0 Å². The third-order valence-corrected chi connectivity index (χ3v) is 4.79. The summed E-state index contributed by atoms with van der Waals surface area (Å²) in [5.74, 6) is -2.01. The summed E-state index contributed by atoms with van der Waals surface area (Å²) in [7, 11) is 3.55. The minimum Gasteiger partial charge on any atom is -0.469 e. The molecule has 0 aliphatic rings. The molecule has 1 amide bonds. The highest BCUT2D eigenvalue weighted by molar-refractivity contribution is 8.00. The van der Waals surface area contributed by atoms with Gasteiger partial charge in [-0.1, -0.05) is 30.3 Å². The molecule has 0 spiro atoms. The lowest BCUT2D eigenvalue weighted by molar-refractivity contribution is -0.146. The summed E-state index contributed by atoms with van der Waals surface area (Å²) < 4.78 is 18.9. The van der Waals surface area contributed by atoms with Crippen molar-refractivity contribution in [3.63, 3.8) is 0 Å². The van der Waals surface area contributed by atoms with Crippen molar-refractivity contribution in [2.24, 2.45) is 0 Å². The maximum Gasteiger partial charge on any atom is 0.408 e. The number of rotatable bonds is 10. The number of ether oxygens (including phenoxy) is 4. The van der Waals surface area contributed by atoms with Crippen LogP contribution in [0.3, 0.4) is 0 Å². The molecular formula is C18H23NO8S. The van der Waals surface area contributed by atoms with Gasteiger partial charge in [0.05, 0.1) is 27.8 Å². The summed E-state index contributed by atoms with van der Waals surface area (Å²) >= 11 is 0.960. The first-order valence-corrected chi connectivity index (χ1v) is 9.27. The Balaban J connectivity index is 2.65. The van der Waals surface area contributed by atoms with Gasteiger partial charge in [0.15, 0.2) is 0 Å². The Morgan fingerprint density at radius 2 is 1.61 bits per heavy atom. The van der Waals surface area contributed by atoms with Crippen LogP contribution in [0.2, 0.25) is 0 Å². The highest BCUT2D eigenvalue weighted by atomic mass is 32.2. The largest absolute Gasteiger partial charge is 0.469 e. The fourth-order valence-electron chi connectivity index (χ4n) is 2.01. The average molecular weight is 413 g/mol. The average Bonchev–Trinajstić information content (AvgIpc) is 2.73. The number of esters is 3. The van der Waals surface area contributed by atoms with Crippen LogP contribution >= 0.6 is 11.8 Å². The van der Waals surface area contributed by atoms with E-state index in [1.165, 1.54) is 21.3 Å². The fraction of sp³-hybridized carbons (Fsp3) is 0.444. The lowest BCUT2D eigenvalue weighted by Crippen LogP contribution is -2.44. The summed E-state index contributed by atoms with van der Waals surface area (Å²) in [4.78, 5) is 47.2. The first-order valence-electron chi connectivity index (χ1n) is 8.22. The van der Waals surface area contributed by atoms with Gasteiger partial charge < -0.3 is 24.3 Å². The number of nitrogens with one attached hydrogen (secondary N) is 1. The SMILES string of the molecule is COC(=O)CC(SC[C@H](NC(=O)OCc1ccccc1)C(=O)OC)C(=O)OC. The third kappa shape index (κ3) is 8.30. The van der Waals surface area contributed by atoms with Crippen LogP contribution in [0.15, 0.2) is 30.3 Å². The monoisotopic (exact) mass is 413 g/mol. The smallest absolute Gasteiger partial charge is 0.408 e. The number of hydrogen-bond donors (Lipinski definition) is 1. The summed E-state index contributed by atoms with van der Waals surface area (Å²) in [6, 6.07) is 7.93. The second kappa shape index (κ2) is 12.6. The van der Waals surface area contributed by atoms with Gasteiger partial charge in [0.2, 0.25) is 0 Å². The molecular weight excluding hydrogens is 390 g/mol. The van der Waals surface area contributed by atoms with Gasteiger partial charge in [0, 0.05) is 5.75 Å². The lowest BCUT2D eigenvalue weighted by Gasteiger charge is -2.19. The highest BCUT2D eigenvalue weighted by Crippen LogP contribution is 2.19. The molecule has 1 aromatic rings. The van der Waals surface area contributed by atoms with Crippen LogP contribution in [0.1, 0.15) is 12.0 Å². The quantitative estimate of drug-likeness (QED) is 0.447. The lowest BCUT2D eigenvalue weighted by atomic mass is 10.2. The summed E-state index contributed by atoms with van der Waals surface area (Å²) in [6.07, 6.45) is -1.05. The third-order valence-electron chi connectivity index (χ3n) is 3.50. The number of carbonyl (C=O) groups is 4. The van der Waals surface area contributed by atoms with Crippen LogP contribution in [0.5, 0.6) is 0 Å². The maximum atomic E-state index is 12.0. The van der Waals surface area contributed by atoms with E-state index in [-0.39, 0.29) is 18.8 Å². The number of alkyl carbamates (subject to hydrolysis) is 1. The summed E-state index contributed by atoms with van der Waals surface area (Å²) in [5.41, 5.74) is 0.783. The van der Waals surface area contributed by atoms with Gasteiger partial charge in [-0.15, -0.1) is 11.8 Å². The molecule has 9 nitrogen and oxygen atoms in total. The number of amides is 1. The van der Waals surface area contributed by atoms with Gasteiger partial charge in [0.25, 0.3) is 0 Å². The van der Waals surface area contributed by atoms with Gasteiger partial charge in [-0.2, -0.15) is 0 Å².